The van der Waals surface area contributed by atoms with E-state index in [9.17, 15) is 9.59 Å². The first-order valence-electron chi connectivity index (χ1n) is 3.23. The van der Waals surface area contributed by atoms with Crippen molar-refractivity contribution in [2.45, 2.75) is 6.92 Å². The van der Waals surface area contributed by atoms with E-state index < -0.39 is 12.1 Å². The second-order valence-corrected chi connectivity index (χ2v) is 2.02. The Bertz CT molecular complexity index is 217. The minimum Gasteiger partial charge on any atom is -0.430 e. The maximum Gasteiger partial charge on any atom is 0.516 e. The van der Waals surface area contributed by atoms with Crippen molar-refractivity contribution in [1.82, 2.24) is 0 Å². The van der Waals surface area contributed by atoms with Gasteiger partial charge in [-0.2, -0.15) is 0 Å². The number of esters is 1. The van der Waals surface area contributed by atoms with Crippen LogP contribution < -0.4 is 0 Å². The topological polar surface area (TPSA) is 52.6 Å². The van der Waals surface area contributed by atoms with Crippen molar-refractivity contribution in [2.24, 2.45) is 0 Å². The van der Waals surface area contributed by atoms with Crippen LogP contribution >= 0.6 is 0 Å². The largest absolute Gasteiger partial charge is 0.516 e. The van der Waals surface area contributed by atoms with Crippen LogP contribution in [0.2, 0.25) is 0 Å². The second kappa shape index (κ2) is 5.12. The van der Waals surface area contributed by atoms with Gasteiger partial charge in [-0.3, -0.25) is 0 Å². The highest BCUT2D eigenvalue weighted by Crippen LogP contribution is 1.94. The van der Waals surface area contributed by atoms with Crippen LogP contribution in [0.15, 0.2) is 24.8 Å². The van der Waals surface area contributed by atoms with Crippen LogP contribution in [0.25, 0.3) is 0 Å². The van der Waals surface area contributed by atoms with Gasteiger partial charge in [-0.25, -0.2) is 9.59 Å². The molecule has 0 heterocycles. The average molecular weight is 170 g/mol. The van der Waals surface area contributed by atoms with Gasteiger partial charge in [0.2, 0.25) is 0 Å². The number of rotatable bonds is 3. The van der Waals surface area contributed by atoms with Crippen molar-refractivity contribution in [2.75, 3.05) is 6.61 Å². The smallest absolute Gasteiger partial charge is 0.430 e. The van der Waals surface area contributed by atoms with E-state index in [1.807, 2.05) is 0 Å². The Hall–Kier alpha value is -1.58. The molecule has 66 valence electrons. The number of hydrogen-bond acceptors (Lipinski definition) is 4. The minimum atomic E-state index is -1.04. The molecule has 0 aliphatic rings. The Labute approximate surface area is 70.5 Å². The Morgan fingerprint density at radius 3 is 2.50 bits per heavy atom. The lowest BCUT2D eigenvalue weighted by Crippen LogP contribution is -2.14. The number of hydrogen-bond donors (Lipinski definition) is 0. The normalized spacial score (nSPS) is 8.42. The molecule has 12 heavy (non-hydrogen) atoms. The molecule has 0 fully saturated rings. The molecule has 0 aromatic rings. The van der Waals surface area contributed by atoms with Crippen LogP contribution in [0.3, 0.4) is 0 Å². The predicted molar refractivity (Wildman–Crippen MR) is 42.5 cm³/mol. The summed E-state index contributed by atoms with van der Waals surface area (Å²) in [4.78, 5) is 21.2. The fourth-order valence-electron chi connectivity index (χ4n) is 0.319. The monoisotopic (exact) mass is 170 g/mol. The third-order valence-corrected chi connectivity index (χ3v) is 0.844. The Kier molecular flexibility index (Phi) is 4.45. The predicted octanol–water partition coefficient (Wildman–Crippen LogP) is 1.43. The Morgan fingerprint density at radius 2 is 2.08 bits per heavy atom. The van der Waals surface area contributed by atoms with Crippen molar-refractivity contribution in [1.29, 1.82) is 0 Å². The standard InChI is InChI=1S/C8H10O4/c1-4-5-11-8(10)12-7(9)6(2)3/h4H,1-2,5H2,3H3. The molecule has 0 radical (unpaired) electrons. The zero-order chi connectivity index (χ0) is 9.56. The molecule has 0 unspecified atom stereocenters. The van der Waals surface area contributed by atoms with E-state index in [4.69, 9.17) is 0 Å². The summed E-state index contributed by atoms with van der Waals surface area (Å²) in [6, 6.07) is 0. The molecule has 4 nitrogen and oxygen atoms in total. The fraction of sp³-hybridized carbons (Fsp3) is 0.250. The molecule has 0 saturated heterocycles. The highest BCUT2D eigenvalue weighted by molar-refractivity contribution is 5.93. The van der Waals surface area contributed by atoms with Gasteiger partial charge in [-0.1, -0.05) is 19.2 Å². The number of ether oxygens (including phenoxy) is 2. The van der Waals surface area contributed by atoms with E-state index in [0.29, 0.717) is 0 Å². The highest BCUT2D eigenvalue weighted by atomic mass is 16.7. The van der Waals surface area contributed by atoms with E-state index in [1.54, 1.807) is 0 Å². The molecular formula is C8H10O4. The summed E-state index contributed by atoms with van der Waals surface area (Å²) in [5.74, 6) is -0.788. The molecule has 0 bridgehead atoms. The summed E-state index contributed by atoms with van der Waals surface area (Å²) >= 11 is 0. The van der Waals surface area contributed by atoms with Gasteiger partial charge in [0.1, 0.15) is 6.61 Å². The SMILES string of the molecule is C=CCOC(=O)OC(=O)C(=C)C. The fourth-order valence-corrected chi connectivity index (χ4v) is 0.319. The van der Waals surface area contributed by atoms with Crippen LogP contribution in [0.1, 0.15) is 6.92 Å². The van der Waals surface area contributed by atoms with Crippen molar-refractivity contribution in [3.63, 3.8) is 0 Å². The molecule has 0 N–H and O–H groups in total. The van der Waals surface area contributed by atoms with Crippen LogP contribution in [0.4, 0.5) is 4.79 Å². The Balaban J connectivity index is 3.76. The molecule has 4 heteroatoms. The molecule has 0 aromatic heterocycles. The van der Waals surface area contributed by atoms with Crippen LogP contribution in [0.5, 0.6) is 0 Å². The lowest BCUT2D eigenvalue weighted by Gasteiger charge is -2.00. The lowest BCUT2D eigenvalue weighted by atomic mass is 10.4. The first-order chi connectivity index (χ1) is 5.57. The van der Waals surface area contributed by atoms with E-state index in [2.05, 4.69) is 22.6 Å². The van der Waals surface area contributed by atoms with E-state index in [-0.39, 0.29) is 12.2 Å². The molecule has 0 aliphatic carbocycles. The molecular weight excluding hydrogens is 160 g/mol. The summed E-state index contributed by atoms with van der Waals surface area (Å²) in [6.45, 7) is 8.05. The molecule has 0 saturated carbocycles. The van der Waals surface area contributed by atoms with Gasteiger partial charge in [0.05, 0.1) is 0 Å². The van der Waals surface area contributed by atoms with Gasteiger partial charge in [-0.15, -0.1) is 0 Å². The van der Waals surface area contributed by atoms with Crippen molar-refractivity contribution in [3.05, 3.63) is 24.8 Å². The zero-order valence-corrected chi connectivity index (χ0v) is 6.83. The third-order valence-electron chi connectivity index (χ3n) is 0.844. The molecule has 0 rings (SSSR count). The highest BCUT2D eigenvalue weighted by Gasteiger charge is 2.10. The summed E-state index contributed by atoms with van der Waals surface area (Å²) in [5.41, 5.74) is 0.144. The summed E-state index contributed by atoms with van der Waals surface area (Å²) in [6.07, 6.45) is 0.329. The number of carbonyl (C=O) groups is 2. The first-order valence-corrected chi connectivity index (χ1v) is 3.23. The zero-order valence-electron chi connectivity index (χ0n) is 6.83. The minimum absolute atomic E-state index is 0.0162. The van der Waals surface area contributed by atoms with E-state index in [0.717, 1.165) is 0 Å². The van der Waals surface area contributed by atoms with Crippen molar-refractivity contribution < 1.29 is 19.1 Å². The summed E-state index contributed by atoms with van der Waals surface area (Å²) in [7, 11) is 0. The molecule has 0 aliphatic heterocycles. The van der Waals surface area contributed by atoms with Crippen LogP contribution in [0, 0.1) is 0 Å². The maximum atomic E-state index is 10.7. The molecule has 0 amide bonds. The van der Waals surface area contributed by atoms with E-state index >= 15 is 0 Å². The van der Waals surface area contributed by atoms with Gasteiger partial charge in [0.15, 0.2) is 0 Å². The quantitative estimate of drug-likeness (QED) is 0.278. The number of carbonyl (C=O) groups excluding carboxylic acids is 2. The second-order valence-electron chi connectivity index (χ2n) is 2.02. The van der Waals surface area contributed by atoms with Gasteiger partial charge in [-0.05, 0) is 6.92 Å². The average Bonchev–Trinajstić information content (AvgIpc) is 2.00. The van der Waals surface area contributed by atoms with Gasteiger partial charge in [0, 0.05) is 5.57 Å². The van der Waals surface area contributed by atoms with E-state index in [1.165, 1.54) is 13.0 Å². The van der Waals surface area contributed by atoms with Crippen LogP contribution in [-0.2, 0) is 14.3 Å². The van der Waals surface area contributed by atoms with Crippen molar-refractivity contribution >= 4 is 12.1 Å². The lowest BCUT2D eigenvalue weighted by molar-refractivity contribution is -0.135. The van der Waals surface area contributed by atoms with Gasteiger partial charge >= 0.3 is 12.1 Å². The van der Waals surface area contributed by atoms with Crippen LogP contribution in [-0.4, -0.2) is 18.7 Å². The molecule has 0 spiro atoms. The van der Waals surface area contributed by atoms with Crippen molar-refractivity contribution in [3.8, 4) is 0 Å². The summed E-state index contributed by atoms with van der Waals surface area (Å²) in [5, 5.41) is 0. The first kappa shape index (κ1) is 10.4. The Morgan fingerprint density at radius 1 is 1.50 bits per heavy atom. The van der Waals surface area contributed by atoms with Gasteiger partial charge in [0.25, 0.3) is 0 Å². The van der Waals surface area contributed by atoms with Gasteiger partial charge < -0.3 is 9.47 Å². The summed E-state index contributed by atoms with van der Waals surface area (Å²) < 4.78 is 8.54. The third kappa shape index (κ3) is 4.27. The molecule has 0 atom stereocenters. The maximum absolute atomic E-state index is 10.7. The molecule has 0 aromatic carbocycles.